The van der Waals surface area contributed by atoms with E-state index in [1.165, 1.54) is 25.6 Å². The van der Waals surface area contributed by atoms with Crippen LogP contribution in [0.2, 0.25) is 0 Å². The number of nitrogens with one attached hydrogen (secondary N) is 2. The van der Waals surface area contributed by atoms with Crippen LogP contribution in [-0.2, 0) is 15.8 Å². The number of hydrogen-bond acceptors (Lipinski definition) is 6. The van der Waals surface area contributed by atoms with E-state index in [2.05, 4.69) is 20.0 Å². The third-order valence-corrected chi connectivity index (χ3v) is 6.80. The van der Waals surface area contributed by atoms with E-state index in [-0.39, 0.29) is 11.8 Å². The highest BCUT2D eigenvalue weighted by Crippen LogP contribution is 2.30. The number of rotatable bonds is 8. The second-order valence-corrected chi connectivity index (χ2v) is 9.57. The maximum Gasteiger partial charge on any atom is 0.216 e. The Bertz CT molecular complexity index is 1180. The molecule has 0 radical (unpaired) electrons. The van der Waals surface area contributed by atoms with Gasteiger partial charge in [-0.15, -0.1) is 0 Å². The van der Waals surface area contributed by atoms with Crippen LogP contribution in [0.25, 0.3) is 11.3 Å². The average Bonchev–Trinajstić information content (AvgIpc) is 3.27. The number of hydrogen-bond donors (Lipinski definition) is 2. The molecule has 0 saturated heterocycles. The molecule has 168 valence electrons. The van der Waals surface area contributed by atoms with E-state index in [1.807, 2.05) is 0 Å². The summed E-state index contributed by atoms with van der Waals surface area (Å²) in [5, 5.41) is 3.18. The quantitative estimate of drug-likeness (QED) is 0.522. The minimum absolute atomic E-state index is 0.0498. The summed E-state index contributed by atoms with van der Waals surface area (Å²) in [4.78, 5) is 8.49. The highest BCUT2D eigenvalue weighted by atomic mass is 32.2. The summed E-state index contributed by atoms with van der Waals surface area (Å²) in [5.74, 6) is 0.487. The number of benzene rings is 2. The zero-order chi connectivity index (χ0) is 22.6. The van der Waals surface area contributed by atoms with Crippen LogP contribution in [0.4, 0.5) is 15.9 Å². The summed E-state index contributed by atoms with van der Waals surface area (Å²) in [6, 6.07) is 13.2. The summed E-state index contributed by atoms with van der Waals surface area (Å²) >= 11 is 0. The largest absolute Gasteiger partial charge is 0.496 e. The van der Waals surface area contributed by atoms with E-state index in [9.17, 15) is 12.8 Å². The zero-order valence-electron chi connectivity index (χ0n) is 17.7. The Kier molecular flexibility index (Phi) is 6.66. The Morgan fingerprint density at radius 1 is 1.06 bits per heavy atom. The lowest BCUT2D eigenvalue weighted by atomic mass is 10.1. The van der Waals surface area contributed by atoms with E-state index in [0.29, 0.717) is 28.4 Å². The molecule has 0 spiro atoms. The van der Waals surface area contributed by atoms with E-state index in [1.54, 1.807) is 36.4 Å². The normalized spacial score (nSPS) is 14.4. The van der Waals surface area contributed by atoms with Crippen molar-refractivity contribution in [1.29, 1.82) is 0 Å². The maximum atomic E-state index is 13.5. The minimum atomic E-state index is -3.37. The standard InChI is InChI=1S/C23H25FN4O3S/c1-31-22-12-17(24)8-11-20(22)21-13-23(26-15-25-21)27-18-9-6-16(7-10-18)14-32(29,30)28-19-4-2-3-5-19/h6-13,15,19,28H,2-5,14H2,1H3,(H,25,26,27). The van der Waals surface area contributed by atoms with Crippen LogP contribution in [0.1, 0.15) is 31.2 Å². The lowest BCUT2D eigenvalue weighted by Gasteiger charge is -2.13. The van der Waals surface area contributed by atoms with Gasteiger partial charge in [-0.25, -0.2) is 27.5 Å². The van der Waals surface area contributed by atoms with Crippen LogP contribution < -0.4 is 14.8 Å². The first kappa shape index (κ1) is 22.2. The molecule has 4 rings (SSSR count). The van der Waals surface area contributed by atoms with Crippen molar-refractivity contribution in [2.45, 2.75) is 37.5 Å². The van der Waals surface area contributed by atoms with Gasteiger partial charge < -0.3 is 10.1 Å². The van der Waals surface area contributed by atoms with Crippen molar-refractivity contribution in [1.82, 2.24) is 14.7 Å². The second-order valence-electron chi connectivity index (χ2n) is 7.81. The minimum Gasteiger partial charge on any atom is -0.496 e. The monoisotopic (exact) mass is 456 g/mol. The summed E-state index contributed by atoms with van der Waals surface area (Å²) in [6.45, 7) is 0. The van der Waals surface area contributed by atoms with Crippen LogP contribution in [0.3, 0.4) is 0 Å². The van der Waals surface area contributed by atoms with E-state index < -0.39 is 15.8 Å². The molecule has 1 aliphatic rings. The summed E-state index contributed by atoms with van der Waals surface area (Å²) in [6.07, 6.45) is 5.38. The molecule has 3 aromatic rings. The highest BCUT2D eigenvalue weighted by molar-refractivity contribution is 7.88. The topological polar surface area (TPSA) is 93.2 Å². The predicted molar refractivity (Wildman–Crippen MR) is 122 cm³/mol. The Balaban J connectivity index is 1.44. The van der Waals surface area contributed by atoms with Gasteiger partial charge in [0.1, 0.15) is 23.7 Å². The number of sulfonamides is 1. The van der Waals surface area contributed by atoms with Crippen LogP contribution in [0, 0.1) is 5.82 Å². The molecule has 1 aliphatic carbocycles. The van der Waals surface area contributed by atoms with Crippen LogP contribution in [0.5, 0.6) is 5.75 Å². The molecule has 0 atom stereocenters. The Labute approximate surface area is 187 Å². The van der Waals surface area contributed by atoms with Crippen LogP contribution in [0.15, 0.2) is 54.9 Å². The first-order chi connectivity index (χ1) is 15.4. The number of nitrogens with zero attached hydrogens (tertiary/aromatic N) is 2. The lowest BCUT2D eigenvalue weighted by molar-refractivity contribution is 0.413. The van der Waals surface area contributed by atoms with Gasteiger partial charge in [-0.3, -0.25) is 0 Å². The molecule has 1 heterocycles. The fourth-order valence-corrected chi connectivity index (χ4v) is 5.30. The molecule has 0 bridgehead atoms. The van der Waals surface area contributed by atoms with Crippen molar-refractivity contribution in [3.63, 3.8) is 0 Å². The molecule has 32 heavy (non-hydrogen) atoms. The highest BCUT2D eigenvalue weighted by Gasteiger charge is 2.21. The lowest BCUT2D eigenvalue weighted by Crippen LogP contribution is -2.33. The molecule has 1 saturated carbocycles. The van der Waals surface area contributed by atoms with Gasteiger partial charge in [0.15, 0.2) is 0 Å². The van der Waals surface area contributed by atoms with Crippen molar-refractivity contribution in [3.05, 3.63) is 66.2 Å². The van der Waals surface area contributed by atoms with Gasteiger partial charge in [-0.2, -0.15) is 0 Å². The summed E-state index contributed by atoms with van der Waals surface area (Å²) < 4.78 is 46.3. The number of methoxy groups -OCH3 is 1. The molecule has 0 amide bonds. The molecule has 0 aliphatic heterocycles. The Morgan fingerprint density at radius 3 is 2.53 bits per heavy atom. The predicted octanol–water partition coefficient (Wildman–Crippen LogP) is 4.40. The summed E-state index contributed by atoms with van der Waals surface area (Å²) in [7, 11) is -1.89. The van der Waals surface area contributed by atoms with Gasteiger partial charge in [0.25, 0.3) is 0 Å². The van der Waals surface area contributed by atoms with E-state index in [0.717, 1.165) is 31.4 Å². The fraction of sp³-hybridized carbons (Fsp3) is 0.304. The maximum absolute atomic E-state index is 13.5. The van der Waals surface area contributed by atoms with Gasteiger partial charge in [-0.1, -0.05) is 25.0 Å². The number of halogens is 1. The molecule has 1 aromatic heterocycles. The van der Waals surface area contributed by atoms with Gasteiger partial charge in [0.05, 0.1) is 18.6 Å². The second kappa shape index (κ2) is 9.62. The average molecular weight is 457 g/mol. The first-order valence-electron chi connectivity index (χ1n) is 10.4. The van der Waals surface area contributed by atoms with Gasteiger partial charge >= 0.3 is 0 Å². The van der Waals surface area contributed by atoms with Crippen molar-refractivity contribution < 1.29 is 17.5 Å². The molecule has 2 N–H and O–H groups in total. The third kappa shape index (κ3) is 5.60. The molecule has 7 nitrogen and oxygen atoms in total. The van der Waals surface area contributed by atoms with Gasteiger partial charge in [0.2, 0.25) is 10.0 Å². The fourth-order valence-electron chi connectivity index (χ4n) is 3.84. The van der Waals surface area contributed by atoms with Crippen molar-refractivity contribution in [2.75, 3.05) is 12.4 Å². The molecular formula is C23H25FN4O3S. The van der Waals surface area contributed by atoms with E-state index >= 15 is 0 Å². The van der Waals surface area contributed by atoms with Crippen LogP contribution >= 0.6 is 0 Å². The van der Waals surface area contributed by atoms with Crippen LogP contribution in [-0.4, -0.2) is 31.5 Å². The molecule has 0 unspecified atom stereocenters. The van der Waals surface area contributed by atoms with Gasteiger partial charge in [0, 0.05) is 29.4 Å². The molecule has 9 heteroatoms. The molecular weight excluding hydrogens is 431 g/mol. The first-order valence-corrected chi connectivity index (χ1v) is 12.1. The zero-order valence-corrected chi connectivity index (χ0v) is 18.5. The van der Waals surface area contributed by atoms with Crippen molar-refractivity contribution in [2.24, 2.45) is 0 Å². The Hall–Kier alpha value is -3.04. The number of anilines is 2. The van der Waals surface area contributed by atoms with Gasteiger partial charge in [-0.05, 0) is 42.7 Å². The van der Waals surface area contributed by atoms with E-state index in [4.69, 9.17) is 4.74 Å². The number of aromatic nitrogens is 2. The van der Waals surface area contributed by atoms with Crippen molar-refractivity contribution >= 4 is 21.5 Å². The Morgan fingerprint density at radius 2 is 1.81 bits per heavy atom. The molecule has 1 fully saturated rings. The molecule has 2 aromatic carbocycles. The summed E-state index contributed by atoms with van der Waals surface area (Å²) in [5.41, 5.74) is 2.70. The smallest absolute Gasteiger partial charge is 0.216 e. The SMILES string of the molecule is COc1cc(F)ccc1-c1cc(Nc2ccc(CS(=O)(=O)NC3CCCC3)cc2)ncn1. The number of ether oxygens (including phenoxy) is 1. The van der Waals surface area contributed by atoms with Crippen molar-refractivity contribution in [3.8, 4) is 17.0 Å². The third-order valence-electron chi connectivity index (χ3n) is 5.39.